The van der Waals surface area contributed by atoms with E-state index in [-0.39, 0.29) is 30.5 Å². The number of aromatic nitrogens is 2. The molecular weight excluding hydrogens is 388 g/mol. The van der Waals surface area contributed by atoms with Crippen LogP contribution in [0.4, 0.5) is 5.69 Å². The highest BCUT2D eigenvalue weighted by atomic mass is 32.1. The second kappa shape index (κ2) is 7.79. The molecule has 0 fully saturated rings. The minimum atomic E-state index is -0.320. The van der Waals surface area contributed by atoms with Crippen molar-refractivity contribution in [2.75, 3.05) is 18.9 Å². The van der Waals surface area contributed by atoms with Crippen molar-refractivity contribution >= 4 is 39.1 Å². The smallest absolute Gasteiger partial charge is 0.262 e. The molecule has 150 valence electrons. The Kier molecular flexibility index (Phi) is 5.19. The second-order valence-electron chi connectivity index (χ2n) is 7.38. The van der Waals surface area contributed by atoms with Gasteiger partial charge in [-0.05, 0) is 43.9 Å². The predicted octanol–water partition coefficient (Wildman–Crippen LogP) is 2.35. The molecular formula is C21H22N4O3S. The fourth-order valence-electron chi connectivity index (χ4n) is 3.54. The molecule has 3 aromatic rings. The number of amides is 2. The van der Waals surface area contributed by atoms with Crippen molar-refractivity contribution in [3.63, 3.8) is 0 Å². The van der Waals surface area contributed by atoms with Gasteiger partial charge in [-0.25, -0.2) is 4.98 Å². The third-order valence-electron chi connectivity index (χ3n) is 5.14. The van der Waals surface area contributed by atoms with E-state index in [4.69, 9.17) is 0 Å². The van der Waals surface area contributed by atoms with Crippen molar-refractivity contribution in [1.29, 1.82) is 0 Å². The molecule has 2 amide bonds. The van der Waals surface area contributed by atoms with Crippen LogP contribution in [0, 0.1) is 6.92 Å². The van der Waals surface area contributed by atoms with Gasteiger partial charge in [0.15, 0.2) is 0 Å². The van der Waals surface area contributed by atoms with Crippen LogP contribution < -0.4 is 10.9 Å². The van der Waals surface area contributed by atoms with Crippen molar-refractivity contribution in [2.45, 2.75) is 32.7 Å². The minimum Gasteiger partial charge on any atom is -0.335 e. The monoisotopic (exact) mass is 410 g/mol. The average molecular weight is 410 g/mol. The van der Waals surface area contributed by atoms with Crippen molar-refractivity contribution < 1.29 is 9.59 Å². The largest absolute Gasteiger partial charge is 0.335 e. The third-order valence-corrected chi connectivity index (χ3v) is 6.34. The van der Waals surface area contributed by atoms with Gasteiger partial charge < -0.3 is 10.2 Å². The molecule has 29 heavy (non-hydrogen) atoms. The first-order valence-corrected chi connectivity index (χ1v) is 10.3. The number of benzene rings is 1. The maximum absolute atomic E-state index is 12.9. The van der Waals surface area contributed by atoms with Crippen LogP contribution in [-0.4, -0.2) is 39.9 Å². The molecule has 0 saturated carbocycles. The number of thiophene rings is 1. The Labute approximate surface area is 172 Å². The van der Waals surface area contributed by atoms with Crippen LogP contribution in [0.2, 0.25) is 0 Å². The summed E-state index contributed by atoms with van der Waals surface area (Å²) in [5.41, 5.74) is 2.69. The number of carbonyl (C=O) groups excluding carboxylic acids is 2. The van der Waals surface area contributed by atoms with Gasteiger partial charge in [0.1, 0.15) is 11.4 Å². The normalized spacial score (nSPS) is 12.8. The zero-order valence-electron chi connectivity index (χ0n) is 16.4. The summed E-state index contributed by atoms with van der Waals surface area (Å²) in [6.07, 6.45) is 4.37. The zero-order valence-corrected chi connectivity index (χ0v) is 17.2. The van der Waals surface area contributed by atoms with Crippen LogP contribution in [-0.2, 0) is 29.0 Å². The highest BCUT2D eigenvalue weighted by Crippen LogP contribution is 2.34. The van der Waals surface area contributed by atoms with E-state index in [1.165, 1.54) is 20.7 Å². The highest BCUT2D eigenvalue weighted by molar-refractivity contribution is 7.18. The Morgan fingerprint density at radius 3 is 2.76 bits per heavy atom. The number of hydrogen-bond acceptors (Lipinski definition) is 5. The van der Waals surface area contributed by atoms with Gasteiger partial charge >= 0.3 is 0 Å². The lowest BCUT2D eigenvalue weighted by Gasteiger charge is -2.17. The van der Waals surface area contributed by atoms with Gasteiger partial charge in [-0.15, -0.1) is 11.3 Å². The van der Waals surface area contributed by atoms with Crippen molar-refractivity contribution in [1.82, 2.24) is 14.5 Å². The molecule has 1 aliphatic carbocycles. The molecule has 0 spiro atoms. The molecule has 1 N–H and O–H groups in total. The summed E-state index contributed by atoms with van der Waals surface area (Å²) in [6, 6.07) is 7.44. The molecule has 2 aromatic heterocycles. The van der Waals surface area contributed by atoms with Crippen molar-refractivity contribution in [3.8, 4) is 0 Å². The third kappa shape index (κ3) is 3.93. The Bertz CT molecular complexity index is 1150. The second-order valence-corrected chi connectivity index (χ2v) is 8.46. The summed E-state index contributed by atoms with van der Waals surface area (Å²) >= 11 is 1.57. The van der Waals surface area contributed by atoms with Crippen molar-refractivity contribution in [2.24, 2.45) is 0 Å². The minimum absolute atomic E-state index is 0.0923. The van der Waals surface area contributed by atoms with Crippen LogP contribution in [0.3, 0.4) is 0 Å². The van der Waals surface area contributed by atoms with Crippen LogP contribution in [0.15, 0.2) is 35.4 Å². The maximum atomic E-state index is 12.9. The topological polar surface area (TPSA) is 84.3 Å². The van der Waals surface area contributed by atoms with E-state index in [0.29, 0.717) is 11.1 Å². The van der Waals surface area contributed by atoms with Gasteiger partial charge in [-0.2, -0.15) is 0 Å². The van der Waals surface area contributed by atoms with Gasteiger partial charge in [0, 0.05) is 17.6 Å². The van der Waals surface area contributed by atoms with Gasteiger partial charge in [0.05, 0.1) is 18.3 Å². The van der Waals surface area contributed by atoms with Gasteiger partial charge in [0.25, 0.3) is 5.56 Å². The number of likely N-dealkylation sites (N-methyl/N-ethyl adjacent to an activating group) is 1. The fourth-order valence-corrected chi connectivity index (χ4v) is 4.76. The number of anilines is 1. The van der Waals surface area contributed by atoms with Crippen LogP contribution >= 0.6 is 11.3 Å². The Morgan fingerprint density at radius 1 is 1.24 bits per heavy atom. The number of aryl methyl sites for hydroxylation is 3. The van der Waals surface area contributed by atoms with E-state index in [9.17, 15) is 14.4 Å². The average Bonchev–Trinajstić information content (AvgIpc) is 3.26. The molecule has 2 heterocycles. The van der Waals surface area contributed by atoms with E-state index in [1.807, 2.05) is 31.2 Å². The zero-order chi connectivity index (χ0) is 20.5. The molecule has 0 saturated heterocycles. The summed E-state index contributed by atoms with van der Waals surface area (Å²) in [6.45, 7) is 1.74. The number of nitrogens with zero attached hydrogens (tertiary/aromatic N) is 3. The molecule has 0 unspecified atom stereocenters. The number of hydrogen-bond donors (Lipinski definition) is 1. The highest BCUT2D eigenvalue weighted by Gasteiger charge is 2.22. The van der Waals surface area contributed by atoms with E-state index < -0.39 is 0 Å². The molecule has 8 heteroatoms. The van der Waals surface area contributed by atoms with Crippen molar-refractivity contribution in [3.05, 3.63) is 57.0 Å². The lowest BCUT2D eigenvalue weighted by molar-refractivity contribution is -0.133. The van der Waals surface area contributed by atoms with Gasteiger partial charge in [0.2, 0.25) is 11.8 Å². The Hall–Kier alpha value is -3.00. The predicted molar refractivity (Wildman–Crippen MR) is 113 cm³/mol. The summed E-state index contributed by atoms with van der Waals surface area (Å²) < 4.78 is 1.34. The maximum Gasteiger partial charge on any atom is 0.262 e. The SMILES string of the molecule is Cc1ccc(NC(=O)CN(C)C(=O)Cn2cnc3sc4c(c3c2=O)CCC4)cc1. The number of fused-ring (bicyclic) bond motifs is 3. The molecule has 0 aliphatic heterocycles. The first-order chi connectivity index (χ1) is 13.9. The number of carbonyl (C=O) groups is 2. The number of rotatable bonds is 5. The first kappa shape index (κ1) is 19.3. The van der Waals surface area contributed by atoms with E-state index >= 15 is 0 Å². The van der Waals surface area contributed by atoms with Crippen LogP contribution in [0.25, 0.3) is 10.2 Å². The molecule has 0 bridgehead atoms. The van der Waals surface area contributed by atoms with Crippen LogP contribution in [0.5, 0.6) is 0 Å². The Balaban J connectivity index is 1.43. The van der Waals surface area contributed by atoms with Gasteiger partial charge in [-0.1, -0.05) is 17.7 Å². The summed E-state index contributed by atoms with van der Waals surface area (Å²) in [5.74, 6) is -0.611. The lowest BCUT2D eigenvalue weighted by Crippen LogP contribution is -2.38. The number of nitrogens with one attached hydrogen (secondary N) is 1. The molecule has 7 nitrogen and oxygen atoms in total. The van der Waals surface area contributed by atoms with E-state index in [1.54, 1.807) is 18.4 Å². The quantitative estimate of drug-likeness (QED) is 0.700. The van der Waals surface area contributed by atoms with E-state index in [0.717, 1.165) is 35.2 Å². The van der Waals surface area contributed by atoms with Gasteiger partial charge in [-0.3, -0.25) is 19.0 Å². The summed E-state index contributed by atoms with van der Waals surface area (Å²) in [5, 5.41) is 3.42. The molecule has 0 radical (unpaired) electrons. The molecule has 0 atom stereocenters. The van der Waals surface area contributed by atoms with Crippen LogP contribution in [0.1, 0.15) is 22.4 Å². The Morgan fingerprint density at radius 2 is 2.00 bits per heavy atom. The van der Waals surface area contributed by atoms with E-state index in [2.05, 4.69) is 10.3 Å². The molecule has 4 rings (SSSR count). The first-order valence-electron chi connectivity index (χ1n) is 9.52. The molecule has 1 aromatic carbocycles. The lowest BCUT2D eigenvalue weighted by atomic mass is 10.2. The standard InChI is InChI=1S/C21H22N4O3S/c1-13-6-8-14(9-7-13)23-17(26)10-24(2)18(27)11-25-12-22-20-19(21(25)28)15-4-3-5-16(15)29-20/h6-9,12H,3-5,10-11H2,1-2H3,(H,23,26). The summed E-state index contributed by atoms with van der Waals surface area (Å²) in [7, 11) is 1.55. The summed E-state index contributed by atoms with van der Waals surface area (Å²) in [4.78, 5) is 45.3. The molecule has 1 aliphatic rings. The fraction of sp³-hybridized carbons (Fsp3) is 0.333.